The quantitative estimate of drug-likeness (QED) is 0.763. The lowest BCUT2D eigenvalue weighted by atomic mass is 9.78. The van der Waals surface area contributed by atoms with Crippen LogP contribution < -0.4 is 5.32 Å². The molecule has 2 aliphatic carbocycles. The maximum absolute atomic E-state index is 3.86. The van der Waals surface area contributed by atoms with E-state index in [9.17, 15) is 0 Å². The Morgan fingerprint density at radius 2 is 1.75 bits per heavy atom. The van der Waals surface area contributed by atoms with E-state index in [1.807, 2.05) is 0 Å². The molecule has 0 bridgehead atoms. The van der Waals surface area contributed by atoms with Gasteiger partial charge in [0.2, 0.25) is 0 Å². The largest absolute Gasteiger partial charge is 0.313 e. The first kappa shape index (κ1) is 12.4. The number of hydrogen-bond donors (Lipinski definition) is 1. The number of nitrogens with one attached hydrogen (secondary N) is 1. The fourth-order valence-corrected chi connectivity index (χ4v) is 3.53. The topological polar surface area (TPSA) is 12.0 Å². The first-order valence-corrected chi connectivity index (χ1v) is 7.32. The van der Waals surface area contributed by atoms with Gasteiger partial charge in [0.05, 0.1) is 0 Å². The molecule has 2 aliphatic rings. The summed E-state index contributed by atoms with van der Waals surface area (Å²) in [6.45, 7) is 8.58. The molecule has 0 aromatic rings. The van der Waals surface area contributed by atoms with Gasteiger partial charge in [0.25, 0.3) is 0 Å². The molecule has 94 valence electrons. The summed E-state index contributed by atoms with van der Waals surface area (Å²) in [5, 5.41) is 3.86. The van der Waals surface area contributed by atoms with Crippen molar-refractivity contribution >= 4 is 0 Å². The van der Waals surface area contributed by atoms with Crippen LogP contribution in [0.1, 0.15) is 65.7 Å². The van der Waals surface area contributed by atoms with Gasteiger partial charge in [-0.15, -0.1) is 0 Å². The third kappa shape index (κ3) is 3.00. The molecule has 2 rings (SSSR count). The Balaban J connectivity index is 1.74. The normalized spacial score (nSPS) is 38.8. The molecular formula is C15H29N. The summed E-state index contributed by atoms with van der Waals surface area (Å²) in [5.41, 5.74) is 0.617. The molecule has 0 spiro atoms. The summed E-state index contributed by atoms with van der Waals surface area (Å²) >= 11 is 0. The van der Waals surface area contributed by atoms with E-state index >= 15 is 0 Å². The lowest BCUT2D eigenvalue weighted by Gasteiger charge is -2.35. The first-order chi connectivity index (χ1) is 7.59. The molecule has 0 aliphatic heterocycles. The van der Waals surface area contributed by atoms with Gasteiger partial charge in [0, 0.05) is 12.6 Å². The average Bonchev–Trinajstić information content (AvgIpc) is 2.68. The van der Waals surface area contributed by atoms with E-state index in [0.29, 0.717) is 5.41 Å². The summed E-state index contributed by atoms with van der Waals surface area (Å²) in [5.74, 6) is 1.86. The van der Waals surface area contributed by atoms with Crippen LogP contribution in [0.15, 0.2) is 0 Å². The Morgan fingerprint density at radius 1 is 1.06 bits per heavy atom. The third-order valence-corrected chi connectivity index (χ3v) is 5.23. The molecular weight excluding hydrogens is 194 g/mol. The molecule has 0 aromatic carbocycles. The Hall–Kier alpha value is -0.0400. The molecule has 3 atom stereocenters. The van der Waals surface area contributed by atoms with Crippen LogP contribution in [0, 0.1) is 17.3 Å². The van der Waals surface area contributed by atoms with E-state index in [0.717, 1.165) is 17.9 Å². The highest BCUT2D eigenvalue weighted by molar-refractivity contribution is 4.86. The molecule has 1 N–H and O–H groups in total. The van der Waals surface area contributed by atoms with Gasteiger partial charge < -0.3 is 5.32 Å². The zero-order chi connectivity index (χ0) is 11.6. The Morgan fingerprint density at radius 3 is 2.38 bits per heavy atom. The predicted molar refractivity (Wildman–Crippen MR) is 70.5 cm³/mol. The Kier molecular flexibility index (Phi) is 3.94. The molecule has 2 saturated carbocycles. The summed E-state index contributed by atoms with van der Waals surface area (Å²) in [6.07, 6.45) is 10.0. The van der Waals surface area contributed by atoms with Gasteiger partial charge in [-0.25, -0.2) is 0 Å². The highest BCUT2D eigenvalue weighted by atomic mass is 14.9. The third-order valence-electron chi connectivity index (χ3n) is 5.23. The highest BCUT2D eigenvalue weighted by Crippen LogP contribution is 2.37. The van der Waals surface area contributed by atoms with Crippen LogP contribution in [0.5, 0.6) is 0 Å². The predicted octanol–water partition coefficient (Wildman–Crippen LogP) is 3.98. The SMILES string of the molecule is CC1CCC(NCC2(C)CCCC2)CC1C. The monoisotopic (exact) mass is 223 g/mol. The second-order valence-corrected chi connectivity index (χ2v) is 6.86. The summed E-state index contributed by atoms with van der Waals surface area (Å²) in [4.78, 5) is 0. The summed E-state index contributed by atoms with van der Waals surface area (Å²) in [6, 6.07) is 0.809. The molecule has 0 saturated heterocycles. The van der Waals surface area contributed by atoms with Gasteiger partial charge in [0.1, 0.15) is 0 Å². The molecule has 0 amide bonds. The zero-order valence-corrected chi connectivity index (χ0v) is 11.4. The van der Waals surface area contributed by atoms with Crippen molar-refractivity contribution in [2.45, 2.75) is 71.8 Å². The van der Waals surface area contributed by atoms with Crippen molar-refractivity contribution in [1.29, 1.82) is 0 Å². The Bertz CT molecular complexity index is 217. The maximum atomic E-state index is 3.86. The van der Waals surface area contributed by atoms with Crippen molar-refractivity contribution in [1.82, 2.24) is 5.32 Å². The van der Waals surface area contributed by atoms with Crippen LogP contribution >= 0.6 is 0 Å². The minimum absolute atomic E-state index is 0.617. The van der Waals surface area contributed by atoms with Crippen molar-refractivity contribution in [2.75, 3.05) is 6.54 Å². The van der Waals surface area contributed by atoms with Gasteiger partial charge in [0.15, 0.2) is 0 Å². The van der Waals surface area contributed by atoms with E-state index in [1.165, 1.54) is 51.5 Å². The molecule has 0 heterocycles. The minimum Gasteiger partial charge on any atom is -0.313 e. The van der Waals surface area contributed by atoms with Crippen LogP contribution in [0.25, 0.3) is 0 Å². The van der Waals surface area contributed by atoms with Crippen LogP contribution in [0.2, 0.25) is 0 Å². The second kappa shape index (κ2) is 5.08. The van der Waals surface area contributed by atoms with Crippen LogP contribution in [0.4, 0.5) is 0 Å². The van der Waals surface area contributed by atoms with Crippen molar-refractivity contribution in [3.63, 3.8) is 0 Å². The molecule has 2 fully saturated rings. The van der Waals surface area contributed by atoms with Gasteiger partial charge in [-0.1, -0.05) is 33.6 Å². The van der Waals surface area contributed by atoms with E-state index in [-0.39, 0.29) is 0 Å². The summed E-state index contributed by atoms with van der Waals surface area (Å²) < 4.78 is 0. The first-order valence-electron chi connectivity index (χ1n) is 7.32. The molecule has 1 nitrogen and oxygen atoms in total. The fraction of sp³-hybridized carbons (Fsp3) is 1.00. The lowest BCUT2D eigenvalue weighted by molar-refractivity contribution is 0.204. The van der Waals surface area contributed by atoms with Crippen molar-refractivity contribution in [3.05, 3.63) is 0 Å². The lowest BCUT2D eigenvalue weighted by Crippen LogP contribution is -2.41. The van der Waals surface area contributed by atoms with Crippen LogP contribution in [-0.4, -0.2) is 12.6 Å². The molecule has 3 unspecified atom stereocenters. The Labute approximate surface area is 101 Å². The van der Waals surface area contributed by atoms with Gasteiger partial charge in [-0.05, 0) is 49.4 Å². The molecule has 0 aromatic heterocycles. The van der Waals surface area contributed by atoms with Crippen molar-refractivity contribution in [2.24, 2.45) is 17.3 Å². The molecule has 16 heavy (non-hydrogen) atoms. The smallest absolute Gasteiger partial charge is 0.00700 e. The zero-order valence-electron chi connectivity index (χ0n) is 11.4. The second-order valence-electron chi connectivity index (χ2n) is 6.86. The maximum Gasteiger partial charge on any atom is 0.00700 e. The fourth-order valence-electron chi connectivity index (χ4n) is 3.53. The molecule has 1 heteroatoms. The standard InChI is InChI=1S/C15H29N/c1-12-6-7-14(10-13(12)2)16-11-15(3)8-4-5-9-15/h12-14,16H,4-11H2,1-3H3. The van der Waals surface area contributed by atoms with Crippen LogP contribution in [0.3, 0.4) is 0 Å². The highest BCUT2D eigenvalue weighted by Gasteiger charge is 2.30. The summed E-state index contributed by atoms with van der Waals surface area (Å²) in [7, 11) is 0. The van der Waals surface area contributed by atoms with Gasteiger partial charge >= 0.3 is 0 Å². The minimum atomic E-state index is 0.617. The van der Waals surface area contributed by atoms with E-state index in [1.54, 1.807) is 0 Å². The van der Waals surface area contributed by atoms with E-state index in [2.05, 4.69) is 26.1 Å². The number of rotatable bonds is 3. The van der Waals surface area contributed by atoms with Crippen molar-refractivity contribution < 1.29 is 0 Å². The van der Waals surface area contributed by atoms with Gasteiger partial charge in [-0.2, -0.15) is 0 Å². The van der Waals surface area contributed by atoms with Crippen molar-refractivity contribution in [3.8, 4) is 0 Å². The van der Waals surface area contributed by atoms with Gasteiger partial charge in [-0.3, -0.25) is 0 Å². The van der Waals surface area contributed by atoms with E-state index in [4.69, 9.17) is 0 Å². The molecule has 0 radical (unpaired) electrons. The van der Waals surface area contributed by atoms with E-state index < -0.39 is 0 Å². The average molecular weight is 223 g/mol. The number of hydrogen-bond acceptors (Lipinski definition) is 1. The van der Waals surface area contributed by atoms with Crippen LogP contribution in [-0.2, 0) is 0 Å².